The van der Waals surface area contributed by atoms with Crippen LogP contribution in [0.25, 0.3) is 0 Å². The van der Waals surface area contributed by atoms with Crippen molar-refractivity contribution in [2.45, 2.75) is 13.5 Å². The van der Waals surface area contributed by atoms with Crippen LogP contribution in [0.5, 0.6) is 0 Å². The number of hydrogen-bond donors (Lipinski definition) is 1. The Morgan fingerprint density at radius 3 is 3.14 bits per heavy atom. The lowest BCUT2D eigenvalue weighted by atomic mass is 10.4. The van der Waals surface area contributed by atoms with Crippen molar-refractivity contribution in [1.29, 1.82) is 0 Å². The Morgan fingerprint density at radius 2 is 2.43 bits per heavy atom. The lowest BCUT2D eigenvalue weighted by Gasteiger charge is -1.98. The standard InChI is InChI=1S/C10H13N3O/c1-2-3-4-5-7-13-8-6-11-10(13)9-12-14/h2-6,8-9,14H,7H2,1H3. The van der Waals surface area contributed by atoms with E-state index >= 15 is 0 Å². The van der Waals surface area contributed by atoms with Crippen LogP contribution in [0.2, 0.25) is 0 Å². The van der Waals surface area contributed by atoms with Crippen LogP contribution in [0.3, 0.4) is 0 Å². The zero-order valence-electron chi connectivity index (χ0n) is 8.04. The van der Waals surface area contributed by atoms with Gasteiger partial charge in [0.25, 0.3) is 0 Å². The van der Waals surface area contributed by atoms with Crippen LogP contribution >= 0.6 is 0 Å². The highest BCUT2D eigenvalue weighted by Crippen LogP contribution is 1.95. The molecule has 0 aromatic carbocycles. The highest BCUT2D eigenvalue weighted by atomic mass is 16.4. The van der Waals surface area contributed by atoms with Gasteiger partial charge in [-0.3, -0.25) is 0 Å². The van der Waals surface area contributed by atoms with Crippen LogP contribution in [0.1, 0.15) is 12.7 Å². The van der Waals surface area contributed by atoms with E-state index in [1.807, 2.05) is 42.0 Å². The van der Waals surface area contributed by atoms with E-state index < -0.39 is 0 Å². The van der Waals surface area contributed by atoms with E-state index in [9.17, 15) is 0 Å². The normalized spacial score (nSPS) is 12.4. The first-order chi connectivity index (χ1) is 6.88. The molecule has 0 aliphatic heterocycles. The predicted octanol–water partition coefficient (Wildman–Crippen LogP) is 1.82. The fourth-order valence-electron chi connectivity index (χ4n) is 1.02. The zero-order chi connectivity index (χ0) is 10.2. The molecule has 0 radical (unpaired) electrons. The van der Waals surface area contributed by atoms with E-state index in [-0.39, 0.29) is 0 Å². The third kappa shape index (κ3) is 2.90. The molecule has 1 rings (SSSR count). The Morgan fingerprint density at radius 1 is 1.57 bits per heavy atom. The van der Waals surface area contributed by atoms with Gasteiger partial charge in [-0.05, 0) is 6.92 Å². The molecule has 1 N–H and O–H groups in total. The molecule has 74 valence electrons. The van der Waals surface area contributed by atoms with Crippen LogP contribution in [-0.2, 0) is 6.54 Å². The predicted molar refractivity (Wildman–Crippen MR) is 55.6 cm³/mol. The minimum atomic E-state index is 0.637. The van der Waals surface area contributed by atoms with Gasteiger partial charge in [0.2, 0.25) is 0 Å². The summed E-state index contributed by atoms with van der Waals surface area (Å²) in [4.78, 5) is 4.01. The van der Waals surface area contributed by atoms with Gasteiger partial charge in [0.1, 0.15) is 6.21 Å². The number of aromatic nitrogens is 2. The van der Waals surface area contributed by atoms with Gasteiger partial charge in [0.15, 0.2) is 5.82 Å². The lowest BCUT2D eigenvalue weighted by Crippen LogP contribution is -2.00. The third-order valence-corrected chi connectivity index (χ3v) is 1.66. The van der Waals surface area contributed by atoms with E-state index in [4.69, 9.17) is 5.21 Å². The Labute approximate surface area is 82.9 Å². The number of rotatable bonds is 4. The van der Waals surface area contributed by atoms with E-state index in [1.54, 1.807) is 6.20 Å². The quantitative estimate of drug-likeness (QED) is 0.341. The van der Waals surface area contributed by atoms with Gasteiger partial charge in [-0.2, -0.15) is 0 Å². The summed E-state index contributed by atoms with van der Waals surface area (Å²) in [5.74, 6) is 0.637. The van der Waals surface area contributed by atoms with E-state index in [0.717, 1.165) is 0 Å². The summed E-state index contributed by atoms with van der Waals surface area (Å²) >= 11 is 0. The van der Waals surface area contributed by atoms with Gasteiger partial charge in [0.05, 0.1) is 0 Å². The molecular weight excluding hydrogens is 178 g/mol. The highest BCUT2D eigenvalue weighted by Gasteiger charge is 1.95. The largest absolute Gasteiger partial charge is 0.411 e. The Balaban J connectivity index is 2.62. The molecule has 0 amide bonds. The first kappa shape index (κ1) is 10.2. The average Bonchev–Trinajstić information content (AvgIpc) is 2.61. The van der Waals surface area contributed by atoms with Crippen LogP contribution in [-0.4, -0.2) is 21.0 Å². The summed E-state index contributed by atoms with van der Waals surface area (Å²) in [6.45, 7) is 2.68. The number of oxime groups is 1. The molecular formula is C10H13N3O. The summed E-state index contributed by atoms with van der Waals surface area (Å²) in [5, 5.41) is 11.3. The maximum Gasteiger partial charge on any atom is 0.154 e. The highest BCUT2D eigenvalue weighted by molar-refractivity contribution is 5.74. The minimum absolute atomic E-state index is 0.637. The molecule has 14 heavy (non-hydrogen) atoms. The monoisotopic (exact) mass is 191 g/mol. The van der Waals surface area contributed by atoms with Gasteiger partial charge in [-0.15, -0.1) is 0 Å². The zero-order valence-corrected chi connectivity index (χ0v) is 8.04. The van der Waals surface area contributed by atoms with Crippen molar-refractivity contribution in [3.63, 3.8) is 0 Å². The van der Waals surface area contributed by atoms with Crippen molar-refractivity contribution in [3.05, 3.63) is 42.5 Å². The lowest BCUT2D eigenvalue weighted by molar-refractivity contribution is 0.321. The van der Waals surface area contributed by atoms with Gasteiger partial charge in [-0.1, -0.05) is 29.5 Å². The third-order valence-electron chi connectivity index (χ3n) is 1.66. The fourth-order valence-corrected chi connectivity index (χ4v) is 1.02. The Kier molecular flexibility index (Phi) is 4.20. The molecule has 1 heterocycles. The molecule has 4 nitrogen and oxygen atoms in total. The van der Waals surface area contributed by atoms with Gasteiger partial charge in [-0.25, -0.2) is 4.98 Å². The minimum Gasteiger partial charge on any atom is -0.411 e. The molecule has 1 aromatic rings. The summed E-state index contributed by atoms with van der Waals surface area (Å²) < 4.78 is 1.87. The van der Waals surface area contributed by atoms with Crippen molar-refractivity contribution in [2.24, 2.45) is 5.16 Å². The van der Waals surface area contributed by atoms with Crippen molar-refractivity contribution in [2.75, 3.05) is 0 Å². The molecule has 0 aliphatic carbocycles. The molecule has 0 fully saturated rings. The number of imidazole rings is 1. The van der Waals surface area contributed by atoms with Gasteiger partial charge < -0.3 is 9.77 Å². The van der Waals surface area contributed by atoms with Crippen LogP contribution < -0.4 is 0 Å². The van der Waals surface area contributed by atoms with E-state index in [1.165, 1.54) is 6.21 Å². The second-order valence-electron chi connectivity index (χ2n) is 2.64. The summed E-state index contributed by atoms with van der Waals surface area (Å²) in [6.07, 6.45) is 12.7. The first-order valence-electron chi connectivity index (χ1n) is 4.35. The second-order valence-corrected chi connectivity index (χ2v) is 2.64. The topological polar surface area (TPSA) is 50.4 Å². The van der Waals surface area contributed by atoms with Crippen LogP contribution in [0.15, 0.2) is 41.9 Å². The molecule has 0 saturated carbocycles. The summed E-state index contributed by atoms with van der Waals surface area (Å²) in [5.41, 5.74) is 0. The first-order valence-corrected chi connectivity index (χ1v) is 4.35. The van der Waals surface area contributed by atoms with Crippen molar-refractivity contribution >= 4 is 6.21 Å². The molecule has 0 spiro atoms. The van der Waals surface area contributed by atoms with Gasteiger partial charge in [0, 0.05) is 18.9 Å². The summed E-state index contributed by atoms with van der Waals surface area (Å²) in [7, 11) is 0. The average molecular weight is 191 g/mol. The maximum atomic E-state index is 8.36. The Hall–Kier alpha value is -1.84. The SMILES string of the molecule is CC=CC=CCn1ccnc1C=NO. The van der Waals surface area contributed by atoms with Crippen LogP contribution in [0, 0.1) is 0 Å². The number of allylic oxidation sites excluding steroid dienone is 4. The smallest absolute Gasteiger partial charge is 0.154 e. The van der Waals surface area contributed by atoms with Crippen molar-refractivity contribution in [3.8, 4) is 0 Å². The fraction of sp³-hybridized carbons (Fsp3) is 0.200. The molecule has 0 saturated heterocycles. The van der Waals surface area contributed by atoms with Gasteiger partial charge >= 0.3 is 0 Å². The second kappa shape index (κ2) is 5.75. The van der Waals surface area contributed by atoms with Crippen LogP contribution in [0.4, 0.5) is 0 Å². The molecule has 0 unspecified atom stereocenters. The molecule has 1 aromatic heterocycles. The number of hydrogen-bond acceptors (Lipinski definition) is 3. The van der Waals surface area contributed by atoms with E-state index in [2.05, 4.69) is 10.1 Å². The molecule has 0 atom stereocenters. The molecule has 4 heteroatoms. The summed E-state index contributed by atoms with van der Waals surface area (Å²) in [6, 6.07) is 0. The number of nitrogens with zero attached hydrogens (tertiary/aromatic N) is 3. The van der Waals surface area contributed by atoms with E-state index in [0.29, 0.717) is 12.4 Å². The van der Waals surface area contributed by atoms with Crippen molar-refractivity contribution in [1.82, 2.24) is 9.55 Å². The Bertz CT molecular complexity index is 350. The maximum absolute atomic E-state index is 8.36. The van der Waals surface area contributed by atoms with Crippen molar-refractivity contribution < 1.29 is 5.21 Å². The molecule has 0 aliphatic rings. The molecule has 0 bridgehead atoms.